The zero-order chi connectivity index (χ0) is 22.8. The Labute approximate surface area is 185 Å². The molecule has 2 aromatic rings. The molecule has 0 N–H and O–H groups in total. The van der Waals surface area contributed by atoms with E-state index in [-0.39, 0.29) is 23.1 Å². The summed E-state index contributed by atoms with van der Waals surface area (Å²) in [6.45, 7) is 12.1. The highest BCUT2D eigenvalue weighted by atomic mass is 16.6. The number of hydrogen-bond acceptors (Lipinski definition) is 4. The van der Waals surface area contributed by atoms with Gasteiger partial charge in [-0.05, 0) is 62.6 Å². The quantitative estimate of drug-likeness (QED) is 0.546. The minimum Gasteiger partial charge on any atom is -0.457 e. The van der Waals surface area contributed by atoms with Crippen LogP contribution in [-0.4, -0.2) is 28.3 Å². The first-order valence-corrected chi connectivity index (χ1v) is 11.2. The molecular weight excluding hydrogens is 390 g/mol. The van der Waals surface area contributed by atoms with Gasteiger partial charge in [0.25, 0.3) is 0 Å². The second kappa shape index (κ2) is 8.89. The molecule has 3 rings (SSSR count). The third-order valence-corrected chi connectivity index (χ3v) is 6.31. The summed E-state index contributed by atoms with van der Waals surface area (Å²) in [4.78, 5) is 25.7. The number of hydrogen-bond donors (Lipinski definition) is 0. The van der Waals surface area contributed by atoms with Crippen molar-refractivity contribution in [3.05, 3.63) is 59.9 Å². The molecule has 1 aromatic heterocycles. The molecule has 0 unspecified atom stereocenters. The smallest absolute Gasteiger partial charge is 0.419 e. The van der Waals surface area contributed by atoms with E-state index >= 15 is 0 Å². The van der Waals surface area contributed by atoms with Crippen LogP contribution < -0.4 is 0 Å². The Morgan fingerprint density at radius 3 is 2.29 bits per heavy atom. The molecule has 0 amide bonds. The van der Waals surface area contributed by atoms with E-state index in [0.717, 1.165) is 19.3 Å². The second-order valence-corrected chi connectivity index (χ2v) is 10.3. The lowest BCUT2D eigenvalue weighted by Gasteiger charge is -2.44. The van der Waals surface area contributed by atoms with Gasteiger partial charge < -0.3 is 9.47 Å². The molecule has 1 saturated carbocycles. The highest BCUT2D eigenvalue weighted by Crippen LogP contribution is 2.43. The molecule has 1 aliphatic rings. The normalized spacial score (nSPS) is 22.1. The molecule has 0 radical (unpaired) electrons. The summed E-state index contributed by atoms with van der Waals surface area (Å²) in [5.41, 5.74) is 0.655. The first-order chi connectivity index (χ1) is 14.5. The van der Waals surface area contributed by atoms with Gasteiger partial charge in [0, 0.05) is 12.1 Å². The second-order valence-electron chi connectivity index (χ2n) is 10.3. The van der Waals surface area contributed by atoms with Gasteiger partial charge in [0.2, 0.25) is 0 Å². The van der Waals surface area contributed by atoms with Crippen molar-refractivity contribution in [1.29, 1.82) is 0 Å². The number of carbonyl (C=O) groups excluding carboxylic acids is 2. The molecule has 0 spiro atoms. The Balaban J connectivity index is 1.82. The third kappa shape index (κ3) is 5.38. The number of esters is 1. The van der Waals surface area contributed by atoms with Gasteiger partial charge in [0.1, 0.15) is 17.4 Å². The lowest BCUT2D eigenvalue weighted by Crippen LogP contribution is -2.43. The lowest BCUT2D eigenvalue weighted by molar-refractivity contribution is -0.0247. The maximum atomic E-state index is 13.1. The topological polar surface area (TPSA) is 57.5 Å². The molecular formula is C26H35NO4. The summed E-state index contributed by atoms with van der Waals surface area (Å²) in [6, 6.07) is 13.7. The Morgan fingerprint density at radius 2 is 1.65 bits per heavy atom. The molecule has 3 atom stereocenters. The summed E-state index contributed by atoms with van der Waals surface area (Å²) in [7, 11) is 0. The standard InChI is InChI=1S/C26H35NO4/c1-18-14-15-20(26(5,6)19-11-8-7-9-12-19)22(17-18)30-23(28)21-13-10-16-27(21)24(29)31-25(2,3)4/h7-13,16,18,20,22H,14-15,17H2,1-6H3/t18-,20-,22-/m1/s1. The number of aromatic nitrogens is 1. The molecule has 31 heavy (non-hydrogen) atoms. The van der Waals surface area contributed by atoms with Crippen molar-refractivity contribution in [2.75, 3.05) is 0 Å². The summed E-state index contributed by atoms with van der Waals surface area (Å²) in [5.74, 6) is 0.196. The zero-order valence-electron chi connectivity index (χ0n) is 19.6. The number of benzene rings is 1. The Morgan fingerprint density at radius 1 is 0.968 bits per heavy atom. The molecule has 168 valence electrons. The van der Waals surface area contributed by atoms with Crippen LogP contribution in [0.25, 0.3) is 0 Å². The van der Waals surface area contributed by atoms with Crippen LogP contribution >= 0.6 is 0 Å². The summed E-state index contributed by atoms with van der Waals surface area (Å²) < 4.78 is 12.7. The van der Waals surface area contributed by atoms with E-state index in [0.29, 0.717) is 5.92 Å². The lowest BCUT2D eigenvalue weighted by atomic mass is 9.64. The van der Waals surface area contributed by atoms with Crippen molar-refractivity contribution in [3.63, 3.8) is 0 Å². The molecule has 0 saturated heterocycles. The number of nitrogens with zero attached hydrogens (tertiary/aromatic N) is 1. The molecule has 5 nitrogen and oxygen atoms in total. The van der Waals surface area contributed by atoms with Crippen molar-refractivity contribution < 1.29 is 19.1 Å². The zero-order valence-corrected chi connectivity index (χ0v) is 19.6. The minimum absolute atomic E-state index is 0.139. The van der Waals surface area contributed by atoms with Gasteiger partial charge in [-0.2, -0.15) is 0 Å². The van der Waals surface area contributed by atoms with Crippen LogP contribution in [0.2, 0.25) is 0 Å². The third-order valence-electron chi connectivity index (χ3n) is 6.31. The Hall–Kier alpha value is -2.56. The fourth-order valence-corrected chi connectivity index (χ4v) is 4.58. The van der Waals surface area contributed by atoms with Crippen LogP contribution in [-0.2, 0) is 14.9 Å². The van der Waals surface area contributed by atoms with Gasteiger partial charge in [-0.25, -0.2) is 14.2 Å². The molecule has 5 heteroatoms. The van der Waals surface area contributed by atoms with E-state index in [1.54, 1.807) is 39.1 Å². The summed E-state index contributed by atoms with van der Waals surface area (Å²) >= 11 is 0. The number of carbonyl (C=O) groups is 2. The van der Waals surface area contributed by atoms with Crippen molar-refractivity contribution >= 4 is 12.1 Å². The number of rotatable bonds is 4. The minimum atomic E-state index is -0.647. The average molecular weight is 426 g/mol. The van der Waals surface area contributed by atoms with Crippen LogP contribution in [0.3, 0.4) is 0 Å². The van der Waals surface area contributed by atoms with E-state index in [1.165, 1.54) is 10.1 Å². The number of ether oxygens (including phenoxy) is 2. The van der Waals surface area contributed by atoms with Gasteiger partial charge in [-0.1, -0.05) is 57.5 Å². The molecule has 1 aliphatic carbocycles. The van der Waals surface area contributed by atoms with Gasteiger partial charge >= 0.3 is 12.1 Å². The average Bonchev–Trinajstić information content (AvgIpc) is 3.17. The van der Waals surface area contributed by atoms with Crippen molar-refractivity contribution in [1.82, 2.24) is 4.57 Å². The highest BCUT2D eigenvalue weighted by Gasteiger charge is 2.42. The largest absolute Gasteiger partial charge is 0.457 e. The predicted octanol–water partition coefficient (Wildman–Crippen LogP) is 6.21. The Kier molecular flexibility index (Phi) is 6.63. The SMILES string of the molecule is C[C@@H]1CC[C@@H](C(C)(C)c2ccccc2)[C@H](OC(=O)c2cccn2C(=O)OC(C)(C)C)C1. The fourth-order valence-electron chi connectivity index (χ4n) is 4.58. The van der Waals surface area contributed by atoms with Crippen LogP contribution in [0.5, 0.6) is 0 Å². The molecule has 1 aromatic carbocycles. The van der Waals surface area contributed by atoms with Gasteiger partial charge in [0.15, 0.2) is 0 Å². The van der Waals surface area contributed by atoms with Crippen molar-refractivity contribution in [2.45, 2.75) is 77.9 Å². The van der Waals surface area contributed by atoms with Crippen LogP contribution in [0.15, 0.2) is 48.7 Å². The highest BCUT2D eigenvalue weighted by molar-refractivity contribution is 5.92. The van der Waals surface area contributed by atoms with E-state index in [2.05, 4.69) is 45.0 Å². The fraction of sp³-hybridized carbons (Fsp3) is 0.538. The van der Waals surface area contributed by atoms with E-state index < -0.39 is 17.7 Å². The van der Waals surface area contributed by atoms with Crippen LogP contribution in [0.1, 0.15) is 76.9 Å². The first kappa shape index (κ1) is 23.1. The van der Waals surface area contributed by atoms with Gasteiger partial charge in [-0.3, -0.25) is 0 Å². The van der Waals surface area contributed by atoms with Crippen molar-refractivity contribution in [2.24, 2.45) is 11.8 Å². The van der Waals surface area contributed by atoms with E-state index in [4.69, 9.17) is 9.47 Å². The predicted molar refractivity (Wildman–Crippen MR) is 121 cm³/mol. The summed E-state index contributed by atoms with van der Waals surface area (Å²) in [6.07, 6.45) is 3.67. The molecule has 0 bridgehead atoms. The molecule has 0 aliphatic heterocycles. The molecule has 1 heterocycles. The van der Waals surface area contributed by atoms with Crippen molar-refractivity contribution in [3.8, 4) is 0 Å². The van der Waals surface area contributed by atoms with E-state index in [1.807, 2.05) is 6.07 Å². The van der Waals surface area contributed by atoms with Crippen LogP contribution in [0, 0.1) is 11.8 Å². The molecule has 1 fully saturated rings. The maximum absolute atomic E-state index is 13.1. The first-order valence-electron chi connectivity index (χ1n) is 11.2. The van der Waals surface area contributed by atoms with E-state index in [9.17, 15) is 9.59 Å². The van der Waals surface area contributed by atoms with Gasteiger partial charge in [0.05, 0.1) is 0 Å². The maximum Gasteiger partial charge on any atom is 0.419 e. The van der Waals surface area contributed by atoms with Crippen LogP contribution in [0.4, 0.5) is 4.79 Å². The summed E-state index contributed by atoms with van der Waals surface area (Å²) in [5, 5.41) is 0. The Bertz CT molecular complexity index is 907. The van der Waals surface area contributed by atoms with Gasteiger partial charge in [-0.15, -0.1) is 0 Å². The monoisotopic (exact) mass is 425 g/mol.